The fraction of sp³-hybridized carbons (Fsp3) is 0.667. The number of nitrogens with one attached hydrogen (secondary N) is 1. The van der Waals surface area contributed by atoms with Crippen LogP contribution in [0, 0.1) is 0 Å². The van der Waals surface area contributed by atoms with Crippen molar-refractivity contribution in [2.24, 2.45) is 0 Å². The van der Waals surface area contributed by atoms with Crippen LogP contribution < -0.4 is 10.2 Å². The molecule has 0 unspecified atom stereocenters. The first kappa shape index (κ1) is 19.1. The lowest BCUT2D eigenvalue weighted by molar-refractivity contribution is -0.125. The molecule has 0 radical (unpaired) electrons. The molecule has 156 valence electrons. The Kier molecular flexibility index (Phi) is 5.33. The van der Waals surface area contributed by atoms with Gasteiger partial charge >= 0.3 is 0 Å². The molecule has 2 bridgehead atoms. The molecule has 1 aromatic carbocycles. The summed E-state index contributed by atoms with van der Waals surface area (Å²) in [5.74, 6) is -0.231. The van der Waals surface area contributed by atoms with Gasteiger partial charge in [0.2, 0.25) is 11.8 Å². The minimum atomic E-state index is -0.192. The third-order valence-electron chi connectivity index (χ3n) is 7.65. The van der Waals surface area contributed by atoms with E-state index in [2.05, 4.69) is 10.2 Å². The fourth-order valence-electron chi connectivity index (χ4n) is 6.48. The Bertz CT molecular complexity index is 771. The van der Waals surface area contributed by atoms with Crippen LogP contribution in [0.4, 0.5) is 11.4 Å². The first-order valence-corrected chi connectivity index (χ1v) is 11.7. The number of carbonyl (C=O) groups excluding carboxylic acids is 2. The average Bonchev–Trinajstić information content (AvgIpc) is 2.82. The quantitative estimate of drug-likeness (QED) is 0.752. The molecule has 3 heterocycles. The minimum absolute atomic E-state index is 0.0392. The molecule has 3 atom stereocenters. The highest BCUT2D eigenvalue weighted by atomic mass is 16.2. The summed E-state index contributed by atoms with van der Waals surface area (Å²) in [6.07, 6.45) is 14.1. The van der Waals surface area contributed by atoms with Gasteiger partial charge in [-0.15, -0.1) is 0 Å². The van der Waals surface area contributed by atoms with Crippen molar-refractivity contribution < 1.29 is 9.59 Å². The number of para-hydroxylation sites is 2. The Labute approximate surface area is 173 Å². The predicted molar refractivity (Wildman–Crippen MR) is 115 cm³/mol. The van der Waals surface area contributed by atoms with Crippen LogP contribution in [-0.4, -0.2) is 40.9 Å². The second-order valence-electron chi connectivity index (χ2n) is 9.41. The predicted octanol–water partition coefficient (Wildman–Crippen LogP) is 4.47. The summed E-state index contributed by atoms with van der Waals surface area (Å²) in [6.45, 7) is 0. The van der Waals surface area contributed by atoms with E-state index in [9.17, 15) is 9.59 Å². The molecule has 5 nitrogen and oxygen atoms in total. The number of nitrogens with zero attached hydrogens (tertiary/aromatic N) is 2. The fourth-order valence-corrected chi connectivity index (χ4v) is 6.48. The summed E-state index contributed by atoms with van der Waals surface area (Å²) in [5.41, 5.74) is 1.67. The zero-order chi connectivity index (χ0) is 19.8. The van der Waals surface area contributed by atoms with Crippen molar-refractivity contribution in [3.8, 4) is 0 Å². The molecule has 3 fully saturated rings. The summed E-state index contributed by atoms with van der Waals surface area (Å²) in [4.78, 5) is 30.3. The molecular formula is C24H33N3O2. The van der Waals surface area contributed by atoms with Gasteiger partial charge in [0.05, 0.1) is 17.4 Å². The van der Waals surface area contributed by atoms with E-state index >= 15 is 0 Å². The average molecular weight is 396 g/mol. The topological polar surface area (TPSA) is 52.7 Å². The van der Waals surface area contributed by atoms with Gasteiger partial charge in [-0.05, 0) is 44.2 Å². The van der Waals surface area contributed by atoms with Crippen molar-refractivity contribution in [3.63, 3.8) is 0 Å². The lowest BCUT2D eigenvalue weighted by atomic mass is 9.91. The third kappa shape index (κ3) is 3.58. The standard InChI is InChI=1S/C24H33N3O2/c28-23-16-24(29)27(20-13-7-6-12-19(20)25-23)22-15-18-11-8-14-21(22)26(18)17-9-4-2-1-3-5-10-17/h6-7,12-13,17-18,21-22H,1-5,8-11,14-16H2,(H,25,28)/t18-,21+,22+/m0/s1. The van der Waals surface area contributed by atoms with E-state index in [1.54, 1.807) is 0 Å². The van der Waals surface area contributed by atoms with Crippen LogP contribution in [0.25, 0.3) is 0 Å². The molecule has 1 saturated carbocycles. The molecule has 1 aromatic rings. The van der Waals surface area contributed by atoms with Gasteiger partial charge < -0.3 is 10.2 Å². The van der Waals surface area contributed by atoms with Crippen molar-refractivity contribution in [1.82, 2.24) is 4.90 Å². The highest BCUT2D eigenvalue weighted by molar-refractivity contribution is 6.14. The number of benzene rings is 1. The Hall–Kier alpha value is -1.88. The van der Waals surface area contributed by atoms with Crippen molar-refractivity contribution in [2.75, 3.05) is 10.2 Å². The summed E-state index contributed by atoms with van der Waals surface area (Å²) in [6, 6.07) is 9.72. The van der Waals surface area contributed by atoms with Crippen LogP contribution in [0.1, 0.15) is 77.0 Å². The van der Waals surface area contributed by atoms with Crippen molar-refractivity contribution >= 4 is 23.2 Å². The number of piperidine rings is 1. The number of rotatable bonds is 2. The van der Waals surface area contributed by atoms with Gasteiger partial charge in [0.1, 0.15) is 6.42 Å². The van der Waals surface area contributed by atoms with Gasteiger partial charge in [-0.3, -0.25) is 14.5 Å². The second kappa shape index (κ2) is 8.10. The van der Waals surface area contributed by atoms with Crippen molar-refractivity contribution in [2.45, 2.75) is 101 Å². The lowest BCUT2D eigenvalue weighted by Gasteiger charge is -2.43. The van der Waals surface area contributed by atoms with E-state index in [1.807, 2.05) is 29.2 Å². The van der Waals surface area contributed by atoms with Crippen LogP contribution >= 0.6 is 0 Å². The van der Waals surface area contributed by atoms with E-state index in [0.717, 1.165) is 17.8 Å². The Morgan fingerprint density at radius 1 is 0.793 bits per heavy atom. The van der Waals surface area contributed by atoms with Crippen LogP contribution in [0.3, 0.4) is 0 Å². The Balaban J connectivity index is 1.46. The second-order valence-corrected chi connectivity index (χ2v) is 9.41. The first-order chi connectivity index (χ1) is 14.2. The molecule has 0 aromatic heterocycles. The van der Waals surface area contributed by atoms with E-state index in [4.69, 9.17) is 0 Å². The summed E-state index contributed by atoms with van der Waals surface area (Å²) in [7, 11) is 0. The smallest absolute Gasteiger partial charge is 0.236 e. The molecule has 0 spiro atoms. The molecule has 3 aliphatic heterocycles. The maximum atomic E-state index is 13.2. The minimum Gasteiger partial charge on any atom is -0.324 e. The number of fused-ring (bicyclic) bond motifs is 3. The monoisotopic (exact) mass is 395 g/mol. The number of anilines is 2. The zero-order valence-electron chi connectivity index (χ0n) is 17.3. The van der Waals surface area contributed by atoms with E-state index in [0.29, 0.717) is 18.1 Å². The Morgan fingerprint density at radius 2 is 1.52 bits per heavy atom. The number of hydrogen-bond acceptors (Lipinski definition) is 3. The van der Waals surface area contributed by atoms with Crippen LogP contribution in [0.5, 0.6) is 0 Å². The lowest BCUT2D eigenvalue weighted by Crippen LogP contribution is -2.52. The number of amides is 2. The maximum Gasteiger partial charge on any atom is 0.236 e. The zero-order valence-corrected chi connectivity index (χ0v) is 17.3. The van der Waals surface area contributed by atoms with E-state index < -0.39 is 0 Å². The summed E-state index contributed by atoms with van der Waals surface area (Å²) in [5, 5.41) is 2.94. The Morgan fingerprint density at radius 3 is 2.34 bits per heavy atom. The number of hydrogen-bond donors (Lipinski definition) is 1. The highest BCUT2D eigenvalue weighted by Crippen LogP contribution is 2.44. The summed E-state index contributed by atoms with van der Waals surface area (Å²) < 4.78 is 0. The third-order valence-corrected chi connectivity index (χ3v) is 7.65. The first-order valence-electron chi connectivity index (χ1n) is 11.7. The normalized spacial score (nSPS) is 31.6. The van der Waals surface area contributed by atoms with E-state index in [1.165, 1.54) is 64.2 Å². The van der Waals surface area contributed by atoms with Crippen LogP contribution in [-0.2, 0) is 9.59 Å². The molecule has 1 aliphatic carbocycles. The molecule has 2 amide bonds. The molecule has 29 heavy (non-hydrogen) atoms. The molecule has 5 heteroatoms. The highest BCUT2D eigenvalue weighted by Gasteiger charge is 2.50. The van der Waals surface area contributed by atoms with Crippen molar-refractivity contribution in [3.05, 3.63) is 24.3 Å². The van der Waals surface area contributed by atoms with Crippen molar-refractivity contribution in [1.29, 1.82) is 0 Å². The maximum absolute atomic E-state index is 13.2. The molecular weight excluding hydrogens is 362 g/mol. The van der Waals surface area contributed by atoms with Gasteiger partial charge in [0, 0.05) is 18.1 Å². The van der Waals surface area contributed by atoms with Crippen LogP contribution in [0.15, 0.2) is 24.3 Å². The molecule has 2 saturated heterocycles. The number of carbonyl (C=O) groups is 2. The largest absolute Gasteiger partial charge is 0.324 e. The van der Waals surface area contributed by atoms with Crippen LogP contribution in [0.2, 0.25) is 0 Å². The molecule has 5 rings (SSSR count). The SMILES string of the molecule is O=C1CC(=O)N([C@@H]2C[C@@H]3CCC[C@H]2N3C2CCCCCCC2)c2ccccc2N1. The van der Waals surface area contributed by atoms with Gasteiger partial charge in [0.25, 0.3) is 0 Å². The van der Waals surface area contributed by atoms with Gasteiger partial charge in [-0.2, -0.15) is 0 Å². The molecule has 1 N–H and O–H groups in total. The summed E-state index contributed by atoms with van der Waals surface area (Å²) >= 11 is 0. The van der Waals surface area contributed by atoms with Gasteiger partial charge in [-0.1, -0.05) is 50.7 Å². The molecule has 4 aliphatic rings. The van der Waals surface area contributed by atoms with Gasteiger partial charge in [-0.25, -0.2) is 0 Å². The van der Waals surface area contributed by atoms with E-state index in [-0.39, 0.29) is 24.3 Å². The van der Waals surface area contributed by atoms with Gasteiger partial charge in [0.15, 0.2) is 0 Å².